The Labute approximate surface area is 116 Å². The Hall–Kier alpha value is -1.15. The molecule has 0 aliphatic carbocycles. The SMILES string of the molecule is CC(C)c1ccc(C(=O)CN2CCC(C)(C)C2)cc1. The van der Waals surface area contributed by atoms with Crippen molar-refractivity contribution in [2.24, 2.45) is 5.41 Å². The van der Waals surface area contributed by atoms with Gasteiger partial charge in [-0.15, -0.1) is 0 Å². The predicted molar refractivity (Wildman–Crippen MR) is 79.7 cm³/mol. The lowest BCUT2D eigenvalue weighted by Gasteiger charge is -2.19. The molecule has 0 unspecified atom stereocenters. The summed E-state index contributed by atoms with van der Waals surface area (Å²) >= 11 is 0. The summed E-state index contributed by atoms with van der Waals surface area (Å²) in [6.45, 7) is 11.5. The number of carbonyl (C=O) groups is 1. The second-order valence-corrected chi connectivity index (χ2v) is 6.82. The van der Waals surface area contributed by atoms with Crippen LogP contribution in [0.2, 0.25) is 0 Å². The highest BCUT2D eigenvalue weighted by Gasteiger charge is 2.30. The van der Waals surface area contributed by atoms with Gasteiger partial charge in [-0.2, -0.15) is 0 Å². The molecule has 1 fully saturated rings. The summed E-state index contributed by atoms with van der Waals surface area (Å²) in [7, 11) is 0. The first-order valence-corrected chi connectivity index (χ1v) is 7.23. The molecule has 2 nitrogen and oxygen atoms in total. The van der Waals surface area contributed by atoms with Gasteiger partial charge in [0.1, 0.15) is 0 Å². The molecule has 1 aromatic carbocycles. The summed E-state index contributed by atoms with van der Waals surface area (Å²) in [5.41, 5.74) is 2.50. The smallest absolute Gasteiger partial charge is 0.176 e. The van der Waals surface area contributed by atoms with Crippen molar-refractivity contribution in [2.75, 3.05) is 19.6 Å². The Morgan fingerprint density at radius 3 is 2.37 bits per heavy atom. The molecule has 0 saturated carbocycles. The van der Waals surface area contributed by atoms with Crippen molar-refractivity contribution in [3.8, 4) is 0 Å². The Morgan fingerprint density at radius 1 is 1.26 bits per heavy atom. The van der Waals surface area contributed by atoms with Crippen molar-refractivity contribution in [2.45, 2.75) is 40.0 Å². The van der Waals surface area contributed by atoms with Gasteiger partial charge in [0.05, 0.1) is 6.54 Å². The number of ketones is 1. The maximum Gasteiger partial charge on any atom is 0.176 e. The van der Waals surface area contributed by atoms with E-state index in [2.05, 4.69) is 44.7 Å². The van der Waals surface area contributed by atoms with Crippen LogP contribution in [0.15, 0.2) is 24.3 Å². The minimum Gasteiger partial charge on any atom is -0.295 e. The first-order chi connectivity index (χ1) is 8.87. The largest absolute Gasteiger partial charge is 0.295 e. The van der Waals surface area contributed by atoms with Crippen LogP contribution >= 0.6 is 0 Å². The predicted octanol–water partition coefficient (Wildman–Crippen LogP) is 3.72. The van der Waals surface area contributed by atoms with Crippen LogP contribution in [0.5, 0.6) is 0 Å². The molecule has 104 valence electrons. The zero-order chi connectivity index (χ0) is 14.0. The highest BCUT2D eigenvalue weighted by Crippen LogP contribution is 2.28. The molecule has 2 rings (SSSR count). The van der Waals surface area contributed by atoms with Crippen LogP contribution < -0.4 is 0 Å². The molecular formula is C17H25NO. The number of hydrogen-bond acceptors (Lipinski definition) is 2. The van der Waals surface area contributed by atoms with E-state index in [4.69, 9.17) is 0 Å². The fourth-order valence-corrected chi connectivity index (χ4v) is 2.71. The van der Waals surface area contributed by atoms with Gasteiger partial charge in [0.15, 0.2) is 5.78 Å². The molecule has 0 radical (unpaired) electrons. The summed E-state index contributed by atoms with van der Waals surface area (Å²) < 4.78 is 0. The number of likely N-dealkylation sites (tertiary alicyclic amines) is 1. The van der Waals surface area contributed by atoms with Gasteiger partial charge in [0, 0.05) is 12.1 Å². The van der Waals surface area contributed by atoms with Gasteiger partial charge < -0.3 is 0 Å². The van der Waals surface area contributed by atoms with E-state index in [9.17, 15) is 4.79 Å². The second kappa shape index (κ2) is 5.46. The van der Waals surface area contributed by atoms with E-state index < -0.39 is 0 Å². The van der Waals surface area contributed by atoms with E-state index in [1.54, 1.807) is 0 Å². The highest BCUT2D eigenvalue weighted by atomic mass is 16.1. The van der Waals surface area contributed by atoms with Gasteiger partial charge in [0.2, 0.25) is 0 Å². The molecule has 0 atom stereocenters. The Bertz CT molecular complexity index is 445. The molecule has 2 heteroatoms. The number of nitrogens with zero attached hydrogens (tertiary/aromatic N) is 1. The summed E-state index contributed by atoms with van der Waals surface area (Å²) in [5, 5.41) is 0. The minimum atomic E-state index is 0.244. The normalized spacial score (nSPS) is 19.0. The lowest BCUT2D eigenvalue weighted by Crippen LogP contribution is -2.29. The van der Waals surface area contributed by atoms with Gasteiger partial charge in [-0.25, -0.2) is 0 Å². The van der Waals surface area contributed by atoms with Crippen LogP contribution in [0.25, 0.3) is 0 Å². The summed E-state index contributed by atoms with van der Waals surface area (Å²) in [6, 6.07) is 8.09. The van der Waals surface area contributed by atoms with Crippen molar-refractivity contribution >= 4 is 5.78 Å². The van der Waals surface area contributed by atoms with Gasteiger partial charge in [-0.05, 0) is 29.9 Å². The van der Waals surface area contributed by atoms with Crippen molar-refractivity contribution in [1.29, 1.82) is 0 Å². The maximum absolute atomic E-state index is 12.3. The average Bonchev–Trinajstić information content (AvgIpc) is 2.68. The van der Waals surface area contributed by atoms with Gasteiger partial charge in [0.25, 0.3) is 0 Å². The molecule has 19 heavy (non-hydrogen) atoms. The highest BCUT2D eigenvalue weighted by molar-refractivity contribution is 5.97. The Kier molecular flexibility index (Phi) is 4.10. The van der Waals surface area contributed by atoms with Crippen LogP contribution in [-0.4, -0.2) is 30.3 Å². The monoisotopic (exact) mass is 259 g/mol. The summed E-state index contributed by atoms with van der Waals surface area (Å²) in [5.74, 6) is 0.761. The number of hydrogen-bond donors (Lipinski definition) is 0. The molecule has 0 N–H and O–H groups in total. The van der Waals surface area contributed by atoms with E-state index in [1.165, 1.54) is 12.0 Å². The molecule has 0 amide bonds. The summed E-state index contributed by atoms with van der Waals surface area (Å²) in [6.07, 6.45) is 1.19. The minimum absolute atomic E-state index is 0.244. The topological polar surface area (TPSA) is 20.3 Å². The van der Waals surface area contributed by atoms with E-state index in [0.717, 1.165) is 18.7 Å². The number of benzene rings is 1. The van der Waals surface area contributed by atoms with Crippen molar-refractivity contribution in [3.05, 3.63) is 35.4 Å². The van der Waals surface area contributed by atoms with E-state index in [0.29, 0.717) is 17.9 Å². The van der Waals surface area contributed by atoms with E-state index in [1.807, 2.05) is 12.1 Å². The molecule has 1 heterocycles. The van der Waals surface area contributed by atoms with Gasteiger partial charge in [-0.1, -0.05) is 52.0 Å². The molecule has 0 aromatic heterocycles. The van der Waals surface area contributed by atoms with Crippen LogP contribution in [-0.2, 0) is 0 Å². The van der Waals surface area contributed by atoms with Crippen LogP contribution in [0.1, 0.15) is 56.0 Å². The number of rotatable bonds is 4. The maximum atomic E-state index is 12.3. The third-order valence-electron chi connectivity index (χ3n) is 4.02. The molecule has 1 saturated heterocycles. The van der Waals surface area contributed by atoms with Crippen molar-refractivity contribution < 1.29 is 4.79 Å². The molecule has 0 spiro atoms. The molecular weight excluding hydrogens is 234 g/mol. The van der Waals surface area contributed by atoms with Crippen LogP contribution in [0.3, 0.4) is 0 Å². The zero-order valence-corrected chi connectivity index (χ0v) is 12.6. The number of carbonyl (C=O) groups excluding carboxylic acids is 1. The third-order valence-corrected chi connectivity index (χ3v) is 4.02. The number of Topliss-reactive ketones (excluding diaryl/α,β-unsaturated/α-hetero) is 1. The van der Waals surface area contributed by atoms with Crippen LogP contribution in [0.4, 0.5) is 0 Å². The van der Waals surface area contributed by atoms with E-state index >= 15 is 0 Å². The first kappa shape index (κ1) is 14.3. The lowest BCUT2D eigenvalue weighted by molar-refractivity contribution is 0.0940. The average molecular weight is 259 g/mol. The lowest BCUT2D eigenvalue weighted by atomic mass is 9.93. The standard InChI is InChI=1S/C17H25NO/c1-13(2)14-5-7-15(8-6-14)16(19)11-18-10-9-17(3,4)12-18/h5-8,13H,9-12H2,1-4H3. The molecule has 1 aliphatic rings. The fourth-order valence-electron chi connectivity index (χ4n) is 2.71. The Balaban J connectivity index is 1.97. The van der Waals surface area contributed by atoms with Gasteiger partial charge >= 0.3 is 0 Å². The molecule has 0 bridgehead atoms. The van der Waals surface area contributed by atoms with Crippen LogP contribution in [0, 0.1) is 5.41 Å². The summed E-state index contributed by atoms with van der Waals surface area (Å²) in [4.78, 5) is 14.5. The quantitative estimate of drug-likeness (QED) is 0.768. The fraction of sp³-hybridized carbons (Fsp3) is 0.588. The van der Waals surface area contributed by atoms with Crippen molar-refractivity contribution in [1.82, 2.24) is 4.90 Å². The Morgan fingerprint density at radius 2 is 1.89 bits per heavy atom. The third kappa shape index (κ3) is 3.66. The first-order valence-electron chi connectivity index (χ1n) is 7.23. The van der Waals surface area contributed by atoms with Crippen molar-refractivity contribution in [3.63, 3.8) is 0 Å². The second-order valence-electron chi connectivity index (χ2n) is 6.82. The van der Waals surface area contributed by atoms with Gasteiger partial charge in [-0.3, -0.25) is 9.69 Å². The zero-order valence-electron chi connectivity index (χ0n) is 12.6. The molecule has 1 aromatic rings. The molecule has 1 aliphatic heterocycles. The van der Waals surface area contributed by atoms with E-state index in [-0.39, 0.29) is 5.78 Å².